The maximum absolute atomic E-state index is 13.2. The van der Waals surface area contributed by atoms with Crippen LogP contribution in [0.3, 0.4) is 0 Å². The zero-order valence-electron chi connectivity index (χ0n) is 20.3. The summed E-state index contributed by atoms with van der Waals surface area (Å²) in [4.78, 5) is 29.3. The van der Waals surface area contributed by atoms with Crippen LogP contribution in [0.25, 0.3) is 0 Å². The van der Waals surface area contributed by atoms with E-state index < -0.39 is 10.0 Å². The van der Waals surface area contributed by atoms with Gasteiger partial charge in [-0.2, -0.15) is 0 Å². The number of likely N-dealkylation sites (N-methyl/N-ethyl adjacent to an activating group) is 1. The van der Waals surface area contributed by atoms with Gasteiger partial charge in [-0.05, 0) is 25.5 Å². The topological polar surface area (TPSA) is 117 Å². The number of carbonyl (C=O) groups excluding carboxylic acids is 2. The molecule has 0 aliphatic carbocycles. The monoisotopic (exact) mass is 484 g/mol. The van der Waals surface area contributed by atoms with Gasteiger partial charge in [-0.3, -0.25) is 9.52 Å². The zero-order chi connectivity index (χ0) is 24.8. The Balaban J connectivity index is 2.45. The molecule has 186 valence electrons. The van der Waals surface area contributed by atoms with Gasteiger partial charge in [0.15, 0.2) is 0 Å². The summed E-state index contributed by atoms with van der Waals surface area (Å²) in [7, 11) is -0.235. The molecule has 1 aliphatic rings. The molecule has 33 heavy (non-hydrogen) atoms. The van der Waals surface area contributed by atoms with E-state index in [4.69, 9.17) is 9.47 Å². The Kier molecular flexibility index (Phi) is 9.35. The first-order valence-electron chi connectivity index (χ1n) is 11.0. The number of rotatable bonds is 5. The van der Waals surface area contributed by atoms with Crippen molar-refractivity contribution < 1.29 is 27.5 Å². The van der Waals surface area contributed by atoms with Crippen LogP contribution < -0.4 is 14.8 Å². The first-order chi connectivity index (χ1) is 15.5. The Morgan fingerprint density at radius 2 is 1.97 bits per heavy atom. The molecule has 0 aromatic heterocycles. The van der Waals surface area contributed by atoms with Gasteiger partial charge in [-0.25, -0.2) is 13.2 Å². The van der Waals surface area contributed by atoms with E-state index >= 15 is 0 Å². The van der Waals surface area contributed by atoms with Crippen molar-refractivity contribution in [3.05, 3.63) is 23.8 Å². The first kappa shape index (κ1) is 26.7. The minimum atomic E-state index is -3.50. The second-order valence-corrected chi connectivity index (χ2v) is 10.3. The van der Waals surface area contributed by atoms with E-state index in [0.717, 1.165) is 12.7 Å². The lowest BCUT2D eigenvalue weighted by Gasteiger charge is -2.36. The van der Waals surface area contributed by atoms with Crippen LogP contribution in [0.2, 0.25) is 0 Å². The third-order valence-electron chi connectivity index (χ3n) is 5.54. The number of fused-ring (bicyclic) bond motifs is 1. The average Bonchev–Trinajstić information content (AvgIpc) is 2.75. The van der Waals surface area contributed by atoms with Crippen molar-refractivity contribution in [3.63, 3.8) is 0 Å². The second kappa shape index (κ2) is 11.6. The van der Waals surface area contributed by atoms with Crippen LogP contribution in [0, 0.1) is 5.92 Å². The molecule has 1 aliphatic heterocycles. The molecular formula is C22H36N4O6S. The number of anilines is 1. The Morgan fingerprint density at radius 3 is 2.58 bits per heavy atom. The van der Waals surface area contributed by atoms with Gasteiger partial charge in [0.1, 0.15) is 12.4 Å². The third kappa shape index (κ3) is 7.50. The summed E-state index contributed by atoms with van der Waals surface area (Å²) in [6.07, 6.45) is 1.58. The molecule has 1 aromatic carbocycles. The molecule has 2 N–H and O–H groups in total. The largest absolute Gasteiger partial charge is 0.491 e. The third-order valence-corrected chi connectivity index (χ3v) is 6.14. The van der Waals surface area contributed by atoms with E-state index in [1.165, 1.54) is 18.2 Å². The van der Waals surface area contributed by atoms with Gasteiger partial charge in [0.05, 0.1) is 29.7 Å². The summed E-state index contributed by atoms with van der Waals surface area (Å²) >= 11 is 0. The van der Waals surface area contributed by atoms with Crippen LogP contribution in [0.5, 0.6) is 5.75 Å². The molecular weight excluding hydrogens is 448 g/mol. The lowest BCUT2D eigenvalue weighted by Crippen LogP contribution is -2.51. The van der Waals surface area contributed by atoms with Crippen LogP contribution in [-0.4, -0.2) is 89.0 Å². The number of sulfonamides is 1. The number of carbonyl (C=O) groups is 2. The van der Waals surface area contributed by atoms with Crippen molar-refractivity contribution in [1.82, 2.24) is 15.1 Å². The molecule has 0 spiro atoms. The number of methoxy groups -OCH3 is 1. The van der Waals surface area contributed by atoms with Crippen LogP contribution >= 0.6 is 0 Å². The molecule has 2 rings (SSSR count). The van der Waals surface area contributed by atoms with E-state index in [0.29, 0.717) is 25.2 Å². The van der Waals surface area contributed by atoms with Crippen LogP contribution in [0.4, 0.5) is 10.5 Å². The molecule has 1 heterocycles. The van der Waals surface area contributed by atoms with Crippen molar-refractivity contribution >= 4 is 27.6 Å². The molecule has 0 radical (unpaired) electrons. The van der Waals surface area contributed by atoms with E-state index in [-0.39, 0.29) is 48.0 Å². The van der Waals surface area contributed by atoms with Gasteiger partial charge in [0.25, 0.3) is 5.91 Å². The molecule has 0 fully saturated rings. The van der Waals surface area contributed by atoms with Gasteiger partial charge in [-0.1, -0.05) is 13.8 Å². The number of urea groups is 1. The Bertz CT molecular complexity index is 939. The maximum atomic E-state index is 13.2. The summed E-state index contributed by atoms with van der Waals surface area (Å²) < 4.78 is 37.4. The number of amides is 3. The van der Waals surface area contributed by atoms with Crippen LogP contribution in [0.1, 0.15) is 37.6 Å². The first-order valence-corrected chi connectivity index (χ1v) is 12.9. The number of hydrogen-bond donors (Lipinski definition) is 2. The molecule has 0 saturated carbocycles. The minimum absolute atomic E-state index is 0.0414. The molecule has 3 amide bonds. The van der Waals surface area contributed by atoms with Gasteiger partial charge in [-0.15, -0.1) is 0 Å². The van der Waals surface area contributed by atoms with E-state index in [9.17, 15) is 18.0 Å². The number of benzene rings is 1. The highest BCUT2D eigenvalue weighted by Crippen LogP contribution is 2.27. The molecule has 11 heteroatoms. The molecule has 3 atom stereocenters. The summed E-state index contributed by atoms with van der Waals surface area (Å²) in [5, 5.41) is 2.92. The summed E-state index contributed by atoms with van der Waals surface area (Å²) in [6, 6.07) is 4.04. The highest BCUT2D eigenvalue weighted by Gasteiger charge is 2.30. The summed E-state index contributed by atoms with van der Waals surface area (Å²) in [5.41, 5.74) is 0.584. The number of nitrogens with one attached hydrogen (secondary N) is 2. The van der Waals surface area contributed by atoms with E-state index in [1.54, 1.807) is 24.0 Å². The Morgan fingerprint density at radius 1 is 1.27 bits per heavy atom. The summed E-state index contributed by atoms with van der Waals surface area (Å²) in [5.74, 6) is -0.0694. The van der Waals surface area contributed by atoms with Crippen molar-refractivity contribution in [2.75, 3.05) is 51.4 Å². The summed E-state index contributed by atoms with van der Waals surface area (Å²) in [6.45, 7) is 7.27. The van der Waals surface area contributed by atoms with Gasteiger partial charge in [0, 0.05) is 45.8 Å². The van der Waals surface area contributed by atoms with Crippen LogP contribution in [0.15, 0.2) is 18.2 Å². The zero-order valence-corrected chi connectivity index (χ0v) is 21.1. The minimum Gasteiger partial charge on any atom is -0.491 e. The SMILES string of the molecule is CCCNC(=O)N1C[C@@H](C)[C@H](OC)CN(C)C(=O)c2ccc(NS(C)(=O)=O)cc2OC[C@H]1C. The number of hydrogen-bond acceptors (Lipinski definition) is 6. The smallest absolute Gasteiger partial charge is 0.317 e. The van der Waals surface area contributed by atoms with Gasteiger partial charge in [0.2, 0.25) is 10.0 Å². The van der Waals surface area contributed by atoms with Crippen molar-refractivity contribution in [1.29, 1.82) is 0 Å². The highest BCUT2D eigenvalue weighted by molar-refractivity contribution is 7.92. The molecule has 0 saturated heterocycles. The van der Waals surface area contributed by atoms with Crippen molar-refractivity contribution in [3.8, 4) is 5.75 Å². The Hall–Kier alpha value is -2.53. The fourth-order valence-corrected chi connectivity index (χ4v) is 4.22. The fourth-order valence-electron chi connectivity index (χ4n) is 3.67. The lowest BCUT2D eigenvalue weighted by molar-refractivity contribution is 0.0166. The molecule has 1 aromatic rings. The molecule has 10 nitrogen and oxygen atoms in total. The molecule has 0 bridgehead atoms. The Labute approximate surface area is 196 Å². The number of nitrogens with zero attached hydrogens (tertiary/aromatic N) is 2. The second-order valence-electron chi connectivity index (χ2n) is 8.57. The molecule has 0 unspecified atom stereocenters. The quantitative estimate of drug-likeness (QED) is 0.660. The van der Waals surface area contributed by atoms with Gasteiger partial charge >= 0.3 is 6.03 Å². The van der Waals surface area contributed by atoms with E-state index in [1.807, 2.05) is 20.8 Å². The normalized spacial score (nSPS) is 22.5. The van der Waals surface area contributed by atoms with E-state index in [2.05, 4.69) is 10.0 Å². The van der Waals surface area contributed by atoms with Crippen molar-refractivity contribution in [2.24, 2.45) is 5.92 Å². The standard InChI is InChI=1S/C22H36N4O6S/c1-7-10-23-22(28)26-12-15(2)20(31-5)13-25(4)21(27)18-9-8-17(24-33(6,29)30)11-19(18)32-14-16(26)3/h8-9,11,15-16,20,24H,7,10,12-14H2,1-6H3,(H,23,28)/t15-,16-,20-/m1/s1. The predicted molar refractivity (Wildman–Crippen MR) is 127 cm³/mol. The maximum Gasteiger partial charge on any atom is 0.317 e. The lowest BCUT2D eigenvalue weighted by atomic mass is 10.0. The fraction of sp³-hybridized carbons (Fsp3) is 0.636. The number of ether oxygens (including phenoxy) is 2. The van der Waals surface area contributed by atoms with Gasteiger partial charge < -0.3 is 24.6 Å². The average molecular weight is 485 g/mol. The predicted octanol–water partition coefficient (Wildman–Crippen LogP) is 1.98. The highest BCUT2D eigenvalue weighted by atomic mass is 32.2. The van der Waals surface area contributed by atoms with Crippen LogP contribution in [-0.2, 0) is 14.8 Å². The van der Waals surface area contributed by atoms with Crippen molar-refractivity contribution in [2.45, 2.75) is 39.3 Å².